The van der Waals surface area contributed by atoms with E-state index in [2.05, 4.69) is 35.5 Å². The molecule has 0 radical (unpaired) electrons. The average Bonchev–Trinajstić information content (AvgIpc) is 2.53. The van der Waals surface area contributed by atoms with Crippen LogP contribution >= 0.6 is 0 Å². The molecule has 1 unspecified atom stereocenters. The third kappa shape index (κ3) is 4.74. The maximum absolute atomic E-state index is 12.0. The minimum absolute atomic E-state index is 0.211. The normalized spacial score (nSPS) is 18.7. The minimum Gasteiger partial charge on any atom is -0.338 e. The van der Waals surface area contributed by atoms with Gasteiger partial charge in [-0.1, -0.05) is 6.07 Å². The highest BCUT2D eigenvalue weighted by molar-refractivity contribution is 5.89. The predicted octanol–water partition coefficient (Wildman–Crippen LogP) is 2.80. The van der Waals surface area contributed by atoms with Gasteiger partial charge in [0.1, 0.15) is 0 Å². The van der Waals surface area contributed by atoms with E-state index in [0.717, 1.165) is 19.5 Å². The topological polar surface area (TPSA) is 68.2 Å². The zero-order valence-corrected chi connectivity index (χ0v) is 13.3. The number of rotatable bonds is 4. The van der Waals surface area contributed by atoms with Crippen molar-refractivity contribution < 1.29 is 4.79 Å². The Kier molecular flexibility index (Phi) is 5.79. The Hall–Kier alpha value is -2.06. The van der Waals surface area contributed by atoms with E-state index in [1.165, 1.54) is 6.42 Å². The van der Waals surface area contributed by atoms with Crippen molar-refractivity contribution in [2.75, 3.05) is 25.0 Å². The number of benzene rings is 1. The second-order valence-electron chi connectivity index (χ2n) is 6.12. The molecule has 1 saturated heterocycles. The Morgan fingerprint density at radius 2 is 2.32 bits per heavy atom. The van der Waals surface area contributed by atoms with E-state index >= 15 is 0 Å². The molecule has 5 nitrogen and oxygen atoms in total. The van der Waals surface area contributed by atoms with Gasteiger partial charge in [-0.15, -0.1) is 0 Å². The number of amides is 2. The number of urea groups is 1. The number of hydrogen-bond acceptors (Lipinski definition) is 3. The lowest BCUT2D eigenvalue weighted by molar-refractivity contribution is 0.139. The van der Waals surface area contributed by atoms with Gasteiger partial charge in [0, 0.05) is 24.8 Å². The molecule has 1 aliphatic rings. The molecule has 1 fully saturated rings. The van der Waals surface area contributed by atoms with E-state index in [1.807, 2.05) is 0 Å². The first-order chi connectivity index (χ1) is 10.6. The van der Waals surface area contributed by atoms with Gasteiger partial charge in [0.05, 0.1) is 11.6 Å². The van der Waals surface area contributed by atoms with Crippen molar-refractivity contribution in [3.63, 3.8) is 0 Å². The van der Waals surface area contributed by atoms with Gasteiger partial charge in [0.2, 0.25) is 0 Å². The van der Waals surface area contributed by atoms with Gasteiger partial charge in [0.25, 0.3) is 0 Å². The number of likely N-dealkylation sites (tertiary alicyclic amines) is 1. The van der Waals surface area contributed by atoms with Crippen LogP contribution in [-0.2, 0) is 0 Å². The molecule has 2 rings (SSSR count). The molecule has 0 saturated carbocycles. The van der Waals surface area contributed by atoms with E-state index < -0.39 is 0 Å². The predicted molar refractivity (Wildman–Crippen MR) is 87.6 cm³/mol. The van der Waals surface area contributed by atoms with Gasteiger partial charge < -0.3 is 15.5 Å². The van der Waals surface area contributed by atoms with Crippen LogP contribution in [0.3, 0.4) is 0 Å². The van der Waals surface area contributed by atoms with Crippen molar-refractivity contribution >= 4 is 11.7 Å². The molecule has 2 N–H and O–H groups in total. The molecule has 0 spiro atoms. The van der Waals surface area contributed by atoms with Crippen LogP contribution in [0, 0.1) is 17.2 Å². The molecule has 2 amide bonds. The first-order valence-corrected chi connectivity index (χ1v) is 7.87. The van der Waals surface area contributed by atoms with Crippen LogP contribution in [-0.4, -0.2) is 36.6 Å². The number of nitrogens with zero attached hydrogens (tertiary/aromatic N) is 2. The van der Waals surface area contributed by atoms with Crippen LogP contribution in [0.1, 0.15) is 32.3 Å². The van der Waals surface area contributed by atoms with Crippen LogP contribution in [0.25, 0.3) is 0 Å². The number of anilines is 1. The van der Waals surface area contributed by atoms with Crippen molar-refractivity contribution in [2.45, 2.75) is 32.7 Å². The summed E-state index contributed by atoms with van der Waals surface area (Å²) in [6.07, 6.45) is 2.35. The van der Waals surface area contributed by atoms with Gasteiger partial charge >= 0.3 is 6.03 Å². The highest BCUT2D eigenvalue weighted by Crippen LogP contribution is 2.17. The summed E-state index contributed by atoms with van der Waals surface area (Å²) in [6.45, 7) is 7.31. The second-order valence-corrected chi connectivity index (χ2v) is 6.12. The molecule has 0 bridgehead atoms. The van der Waals surface area contributed by atoms with Crippen molar-refractivity contribution in [1.29, 1.82) is 5.26 Å². The molecule has 22 heavy (non-hydrogen) atoms. The Morgan fingerprint density at radius 1 is 1.50 bits per heavy atom. The smallest absolute Gasteiger partial charge is 0.319 e. The number of hydrogen-bond donors (Lipinski definition) is 2. The van der Waals surface area contributed by atoms with Crippen molar-refractivity contribution in [3.8, 4) is 6.07 Å². The molecule has 1 aromatic rings. The molecule has 118 valence electrons. The lowest BCUT2D eigenvalue weighted by Crippen LogP contribution is -2.44. The van der Waals surface area contributed by atoms with Crippen LogP contribution in [0.5, 0.6) is 0 Å². The van der Waals surface area contributed by atoms with E-state index in [0.29, 0.717) is 29.8 Å². The fourth-order valence-corrected chi connectivity index (χ4v) is 2.81. The lowest BCUT2D eigenvalue weighted by atomic mass is 9.97. The Labute approximate surface area is 132 Å². The summed E-state index contributed by atoms with van der Waals surface area (Å²) < 4.78 is 0. The maximum Gasteiger partial charge on any atom is 0.319 e. The summed E-state index contributed by atoms with van der Waals surface area (Å²) >= 11 is 0. The fourth-order valence-electron chi connectivity index (χ4n) is 2.81. The fraction of sp³-hybridized carbons (Fsp3) is 0.529. The summed E-state index contributed by atoms with van der Waals surface area (Å²) in [5.74, 6) is 0.507. The molecule has 5 heteroatoms. The first kappa shape index (κ1) is 16.3. The van der Waals surface area contributed by atoms with E-state index in [9.17, 15) is 4.79 Å². The molecule has 1 heterocycles. The molecule has 1 aliphatic heterocycles. The molecule has 0 aromatic heterocycles. The second kappa shape index (κ2) is 7.81. The monoisotopic (exact) mass is 300 g/mol. The van der Waals surface area contributed by atoms with E-state index in [4.69, 9.17) is 5.26 Å². The standard InChI is InChI=1S/C17H24N4O/c1-13(2)21-8-4-6-15(12-21)11-19-17(22)20-16-7-3-5-14(9-16)10-18/h3,5,7,9,13,15H,4,6,8,11-12H2,1-2H3,(H2,19,20,22). The quantitative estimate of drug-likeness (QED) is 0.898. The number of carbonyl (C=O) groups is 1. The number of carbonyl (C=O) groups excluding carboxylic acids is 1. The van der Waals surface area contributed by atoms with Crippen LogP contribution in [0.15, 0.2) is 24.3 Å². The molecular weight excluding hydrogens is 276 g/mol. The van der Waals surface area contributed by atoms with Gasteiger partial charge in [0.15, 0.2) is 0 Å². The molecule has 1 atom stereocenters. The highest BCUT2D eigenvalue weighted by Gasteiger charge is 2.21. The molecular formula is C17H24N4O. The van der Waals surface area contributed by atoms with Gasteiger partial charge in [-0.2, -0.15) is 5.26 Å². The first-order valence-electron chi connectivity index (χ1n) is 7.87. The SMILES string of the molecule is CC(C)N1CCCC(CNC(=O)Nc2cccc(C#N)c2)C1. The van der Waals surface area contributed by atoms with Crippen LogP contribution in [0.4, 0.5) is 10.5 Å². The third-order valence-electron chi connectivity index (χ3n) is 4.08. The van der Waals surface area contributed by atoms with Crippen molar-refractivity contribution in [2.24, 2.45) is 5.92 Å². The van der Waals surface area contributed by atoms with Crippen LogP contribution < -0.4 is 10.6 Å². The van der Waals surface area contributed by atoms with Crippen molar-refractivity contribution in [1.82, 2.24) is 10.2 Å². The van der Waals surface area contributed by atoms with Crippen molar-refractivity contribution in [3.05, 3.63) is 29.8 Å². The Bertz CT molecular complexity index is 550. The summed E-state index contributed by atoms with van der Waals surface area (Å²) in [5, 5.41) is 14.6. The van der Waals surface area contributed by atoms with Crippen LogP contribution in [0.2, 0.25) is 0 Å². The van der Waals surface area contributed by atoms with E-state index in [1.54, 1.807) is 24.3 Å². The Morgan fingerprint density at radius 3 is 3.05 bits per heavy atom. The zero-order valence-electron chi connectivity index (χ0n) is 13.3. The van der Waals surface area contributed by atoms with Gasteiger partial charge in [-0.3, -0.25) is 0 Å². The molecule has 0 aliphatic carbocycles. The van der Waals surface area contributed by atoms with Gasteiger partial charge in [-0.25, -0.2) is 4.79 Å². The largest absolute Gasteiger partial charge is 0.338 e. The summed E-state index contributed by atoms with van der Waals surface area (Å²) in [6, 6.07) is 9.33. The third-order valence-corrected chi connectivity index (χ3v) is 4.08. The Balaban J connectivity index is 1.79. The van der Waals surface area contributed by atoms with Gasteiger partial charge in [-0.05, 0) is 57.4 Å². The minimum atomic E-state index is -0.211. The van der Waals surface area contributed by atoms with E-state index in [-0.39, 0.29) is 6.03 Å². The number of piperidine rings is 1. The summed E-state index contributed by atoms with van der Waals surface area (Å²) in [5.41, 5.74) is 1.18. The maximum atomic E-state index is 12.0. The highest BCUT2D eigenvalue weighted by atomic mass is 16.2. The lowest BCUT2D eigenvalue weighted by Gasteiger charge is -2.35. The molecule has 1 aromatic carbocycles. The summed E-state index contributed by atoms with van der Waals surface area (Å²) in [7, 11) is 0. The zero-order chi connectivity index (χ0) is 15.9. The average molecular weight is 300 g/mol. The number of nitriles is 1. The summed E-state index contributed by atoms with van der Waals surface area (Å²) in [4.78, 5) is 14.4. The number of nitrogens with one attached hydrogen (secondary N) is 2.